The summed E-state index contributed by atoms with van der Waals surface area (Å²) in [5, 5.41) is 2.40. The molecule has 0 bridgehead atoms. The van der Waals surface area contributed by atoms with Crippen LogP contribution in [0, 0.1) is 13.0 Å². The van der Waals surface area contributed by atoms with Crippen LogP contribution in [0.4, 0.5) is 0 Å². The zero-order valence-corrected chi connectivity index (χ0v) is 13.7. The zero-order chi connectivity index (χ0) is 9.42. The van der Waals surface area contributed by atoms with E-state index in [1.54, 1.807) is 0 Å². The molecule has 0 aromatic heterocycles. The van der Waals surface area contributed by atoms with E-state index in [-0.39, 0.29) is 32.7 Å². The summed E-state index contributed by atoms with van der Waals surface area (Å²) in [5.41, 5.74) is 1.26. The largest absolute Gasteiger partial charge is 0.143 e. The molecule has 1 radical (unpaired) electrons. The first-order chi connectivity index (χ1) is 6.18. The van der Waals surface area contributed by atoms with Gasteiger partial charge in [0.2, 0.25) is 0 Å². The molecule has 0 aliphatic heterocycles. The Morgan fingerprint density at radius 2 is 1.93 bits per heavy atom. The Kier molecular flexibility index (Phi) is 4.77. The first-order valence-corrected chi connectivity index (χ1v) is 5.53. The van der Waals surface area contributed by atoms with Gasteiger partial charge in [0.05, 0.1) is 0 Å². The molecular weight excluding hydrogens is 381 g/mol. The molecule has 0 atom stereocenters. The fourth-order valence-electron chi connectivity index (χ4n) is 1.33. The molecule has 0 saturated heterocycles. The molecule has 0 aliphatic rings. The van der Waals surface area contributed by atoms with Crippen molar-refractivity contribution in [3.8, 4) is 0 Å². The summed E-state index contributed by atoms with van der Waals surface area (Å²) in [7, 11) is 0. The Balaban J connectivity index is 0.000000980. The van der Waals surface area contributed by atoms with Crippen molar-refractivity contribution in [2.45, 2.75) is 6.92 Å². The van der Waals surface area contributed by atoms with Crippen LogP contribution in [-0.4, -0.2) is 0 Å². The van der Waals surface area contributed by atoms with Crippen molar-refractivity contribution >= 4 is 42.6 Å². The van der Waals surface area contributed by atoms with Crippen LogP contribution in [0.3, 0.4) is 0 Å². The third-order valence-electron chi connectivity index (χ3n) is 2.10. The van der Waals surface area contributed by atoms with Gasteiger partial charge in [-0.3, -0.25) is 0 Å². The van der Waals surface area contributed by atoms with Crippen LogP contribution < -0.4 is 0 Å². The van der Waals surface area contributed by atoms with Gasteiger partial charge >= 0.3 is 0 Å². The van der Waals surface area contributed by atoms with Gasteiger partial charge in [-0.25, -0.2) is 0 Å². The number of fused-ring (bicyclic) bond motifs is 1. The molecule has 3 heteroatoms. The van der Waals surface area contributed by atoms with E-state index >= 15 is 0 Å². The van der Waals surface area contributed by atoms with Gasteiger partial charge in [-0.15, -0.1) is 50.5 Å². The second-order valence-electron chi connectivity index (χ2n) is 2.95. The molecule has 0 N–H and O–H groups in total. The van der Waals surface area contributed by atoms with Crippen LogP contribution in [0.1, 0.15) is 5.56 Å². The first kappa shape index (κ1) is 12.8. The minimum Gasteiger partial charge on any atom is -0.143 e. The SMILES string of the molecule is Cc1c(Br)c[c-]c2ccc(Br)cc12.[Y]. The molecule has 0 heterocycles. The van der Waals surface area contributed by atoms with Gasteiger partial charge in [0.1, 0.15) is 0 Å². The summed E-state index contributed by atoms with van der Waals surface area (Å²) in [6.07, 6.45) is 0. The van der Waals surface area contributed by atoms with Crippen molar-refractivity contribution in [3.05, 3.63) is 44.8 Å². The number of rotatable bonds is 0. The molecular formula is C11H7Br2Y-. The van der Waals surface area contributed by atoms with Crippen molar-refractivity contribution in [2.24, 2.45) is 0 Å². The quantitative estimate of drug-likeness (QED) is 0.585. The van der Waals surface area contributed by atoms with Crippen LogP contribution >= 0.6 is 31.9 Å². The van der Waals surface area contributed by atoms with Gasteiger partial charge in [0, 0.05) is 32.7 Å². The molecule has 2 aromatic rings. The topological polar surface area (TPSA) is 0 Å². The number of benzene rings is 2. The summed E-state index contributed by atoms with van der Waals surface area (Å²) in [4.78, 5) is 0. The minimum absolute atomic E-state index is 0. The fraction of sp³-hybridized carbons (Fsp3) is 0.0909. The Labute approximate surface area is 126 Å². The Morgan fingerprint density at radius 1 is 1.21 bits per heavy atom. The first-order valence-electron chi connectivity index (χ1n) is 3.94. The van der Waals surface area contributed by atoms with E-state index in [4.69, 9.17) is 0 Å². The second kappa shape index (κ2) is 5.20. The van der Waals surface area contributed by atoms with Gasteiger partial charge in [0.25, 0.3) is 0 Å². The van der Waals surface area contributed by atoms with Crippen molar-refractivity contribution in [1.82, 2.24) is 0 Å². The summed E-state index contributed by atoms with van der Waals surface area (Å²) in [6.45, 7) is 2.10. The van der Waals surface area contributed by atoms with E-state index in [0.29, 0.717) is 0 Å². The molecule has 0 spiro atoms. The molecule has 69 valence electrons. The van der Waals surface area contributed by atoms with Gasteiger partial charge in [-0.2, -0.15) is 0 Å². The normalized spacial score (nSPS) is 9.93. The van der Waals surface area contributed by atoms with E-state index in [2.05, 4.69) is 57.0 Å². The number of hydrogen-bond acceptors (Lipinski definition) is 0. The fourth-order valence-corrected chi connectivity index (χ4v) is 2.02. The van der Waals surface area contributed by atoms with E-state index in [0.717, 1.165) is 14.3 Å². The Morgan fingerprint density at radius 3 is 2.64 bits per heavy atom. The van der Waals surface area contributed by atoms with Crippen molar-refractivity contribution < 1.29 is 32.7 Å². The summed E-state index contributed by atoms with van der Waals surface area (Å²) in [5.74, 6) is 0. The van der Waals surface area contributed by atoms with E-state index in [9.17, 15) is 0 Å². The monoisotopic (exact) mass is 386 g/mol. The molecule has 0 fully saturated rings. The van der Waals surface area contributed by atoms with Gasteiger partial charge in [-0.05, 0) is 4.47 Å². The third-order valence-corrected chi connectivity index (χ3v) is 3.42. The Hall–Kier alpha value is 0.764. The molecule has 2 aromatic carbocycles. The van der Waals surface area contributed by atoms with Gasteiger partial charge in [-0.1, -0.05) is 39.5 Å². The van der Waals surface area contributed by atoms with Crippen molar-refractivity contribution in [2.75, 3.05) is 0 Å². The van der Waals surface area contributed by atoms with Gasteiger partial charge in [0.15, 0.2) is 0 Å². The van der Waals surface area contributed by atoms with Crippen molar-refractivity contribution in [1.29, 1.82) is 0 Å². The predicted molar refractivity (Wildman–Crippen MR) is 62.9 cm³/mol. The summed E-state index contributed by atoms with van der Waals surface area (Å²) >= 11 is 6.96. The molecule has 14 heavy (non-hydrogen) atoms. The van der Waals surface area contributed by atoms with E-state index in [1.165, 1.54) is 10.9 Å². The minimum atomic E-state index is 0. The molecule has 2 rings (SSSR count). The standard InChI is InChI=1S/C11H7Br2.Y/c1-7-10-6-9(12)4-2-8(10)3-5-11(7)13;/h2,4-6H,1H3;/q-1;. The smallest absolute Gasteiger partial charge is 0 e. The summed E-state index contributed by atoms with van der Waals surface area (Å²) in [6, 6.07) is 11.4. The molecule has 0 nitrogen and oxygen atoms in total. The van der Waals surface area contributed by atoms with Crippen molar-refractivity contribution in [3.63, 3.8) is 0 Å². The zero-order valence-electron chi connectivity index (χ0n) is 7.64. The second-order valence-corrected chi connectivity index (χ2v) is 4.72. The average Bonchev–Trinajstić information content (AvgIpc) is 2.12. The molecule has 0 unspecified atom stereocenters. The van der Waals surface area contributed by atoms with E-state index in [1.807, 2.05) is 12.1 Å². The molecule has 0 aliphatic carbocycles. The van der Waals surface area contributed by atoms with Crippen LogP contribution in [0.5, 0.6) is 0 Å². The number of hydrogen-bond donors (Lipinski definition) is 0. The van der Waals surface area contributed by atoms with Crippen LogP contribution in [0.25, 0.3) is 10.8 Å². The maximum Gasteiger partial charge on any atom is 0 e. The molecule has 0 saturated carbocycles. The van der Waals surface area contributed by atoms with Crippen LogP contribution in [0.2, 0.25) is 0 Å². The number of halogens is 2. The Bertz CT molecular complexity index is 461. The van der Waals surface area contributed by atoms with E-state index < -0.39 is 0 Å². The van der Waals surface area contributed by atoms with Crippen LogP contribution in [-0.2, 0) is 32.7 Å². The molecule has 0 amide bonds. The maximum absolute atomic E-state index is 3.49. The average molecular weight is 388 g/mol. The number of aryl methyl sites for hydroxylation is 1. The predicted octanol–water partition coefficient (Wildman–Crippen LogP) is 4.47. The maximum atomic E-state index is 3.49. The van der Waals surface area contributed by atoms with Crippen LogP contribution in [0.15, 0.2) is 33.2 Å². The van der Waals surface area contributed by atoms with Gasteiger partial charge < -0.3 is 0 Å². The summed E-state index contributed by atoms with van der Waals surface area (Å²) < 4.78 is 2.22. The third kappa shape index (κ3) is 2.47.